The molecule has 3 fully saturated rings. The fourth-order valence-corrected chi connectivity index (χ4v) is 4.72. The molecule has 7 nitrogen and oxygen atoms in total. The summed E-state index contributed by atoms with van der Waals surface area (Å²) in [5.74, 6) is 0.0590. The number of rotatable bonds is 3. The molecular formula is C21H29N3O4. The molecule has 0 radical (unpaired) electrons. The number of urea groups is 1. The average Bonchev–Trinajstić information content (AvgIpc) is 2.99. The van der Waals surface area contributed by atoms with Crippen molar-refractivity contribution in [3.05, 3.63) is 35.4 Å². The number of carbonyl (C=O) groups excluding carboxylic acids is 2. The van der Waals surface area contributed by atoms with E-state index in [4.69, 9.17) is 4.74 Å². The number of hydrogen-bond donors (Lipinski definition) is 1. The predicted molar refractivity (Wildman–Crippen MR) is 104 cm³/mol. The summed E-state index contributed by atoms with van der Waals surface area (Å²) in [6.45, 7) is 2.94. The van der Waals surface area contributed by atoms with Gasteiger partial charge in [-0.15, -0.1) is 0 Å². The zero-order chi connectivity index (χ0) is 19.7. The largest absolute Gasteiger partial charge is 0.393 e. The maximum Gasteiger partial charge on any atom is 0.320 e. The third-order valence-corrected chi connectivity index (χ3v) is 6.17. The monoisotopic (exact) mass is 387 g/mol. The van der Waals surface area contributed by atoms with Crippen molar-refractivity contribution in [1.82, 2.24) is 14.7 Å². The molecule has 1 aromatic rings. The van der Waals surface area contributed by atoms with Gasteiger partial charge in [-0.05, 0) is 43.4 Å². The van der Waals surface area contributed by atoms with E-state index in [1.165, 1.54) is 0 Å². The molecule has 7 heteroatoms. The number of hydrogen-bond acceptors (Lipinski definition) is 4. The number of fused-ring (bicyclic) bond motifs is 2. The van der Waals surface area contributed by atoms with Gasteiger partial charge in [0.15, 0.2) is 0 Å². The van der Waals surface area contributed by atoms with Gasteiger partial charge in [0.1, 0.15) is 0 Å². The van der Waals surface area contributed by atoms with Crippen LogP contribution in [0.5, 0.6) is 0 Å². The first-order chi connectivity index (χ1) is 13.5. The van der Waals surface area contributed by atoms with Crippen LogP contribution in [-0.2, 0) is 11.3 Å². The predicted octanol–water partition coefficient (Wildman–Crippen LogP) is 1.70. The molecule has 3 aliphatic heterocycles. The second-order valence-corrected chi connectivity index (χ2v) is 8.16. The Balaban J connectivity index is 1.37. The molecule has 0 aromatic heterocycles. The van der Waals surface area contributed by atoms with Crippen LogP contribution in [0.25, 0.3) is 0 Å². The molecule has 2 atom stereocenters. The zero-order valence-electron chi connectivity index (χ0n) is 16.4. The van der Waals surface area contributed by atoms with Crippen LogP contribution >= 0.6 is 0 Å². The SMILES string of the molecule is CN(Cc1ccc(C(=O)N2C3CCC2CC(O)C3)cc1)C(=O)N1CCOCC1. The summed E-state index contributed by atoms with van der Waals surface area (Å²) in [5.41, 5.74) is 1.68. The lowest BCUT2D eigenvalue weighted by Crippen LogP contribution is -2.48. The van der Waals surface area contributed by atoms with Gasteiger partial charge < -0.3 is 24.5 Å². The van der Waals surface area contributed by atoms with Gasteiger partial charge in [-0.2, -0.15) is 0 Å². The average molecular weight is 387 g/mol. The lowest BCUT2D eigenvalue weighted by atomic mass is 9.98. The van der Waals surface area contributed by atoms with Crippen molar-refractivity contribution < 1.29 is 19.4 Å². The third-order valence-electron chi connectivity index (χ3n) is 6.17. The van der Waals surface area contributed by atoms with Gasteiger partial charge in [0, 0.05) is 44.3 Å². The number of aliphatic hydroxyl groups excluding tert-OH is 1. The first-order valence-corrected chi connectivity index (χ1v) is 10.2. The molecule has 3 heterocycles. The van der Waals surface area contributed by atoms with Gasteiger partial charge in [-0.25, -0.2) is 4.79 Å². The first kappa shape index (κ1) is 19.2. The summed E-state index contributed by atoms with van der Waals surface area (Å²) in [6, 6.07) is 7.90. The molecule has 2 unspecified atom stereocenters. The number of aliphatic hydroxyl groups is 1. The normalized spacial score (nSPS) is 27.0. The van der Waals surface area contributed by atoms with E-state index in [0.29, 0.717) is 51.3 Å². The van der Waals surface area contributed by atoms with E-state index in [1.54, 1.807) is 11.9 Å². The van der Waals surface area contributed by atoms with Crippen LogP contribution in [-0.4, -0.2) is 83.3 Å². The second-order valence-electron chi connectivity index (χ2n) is 8.16. The van der Waals surface area contributed by atoms with Crippen molar-refractivity contribution in [2.75, 3.05) is 33.4 Å². The van der Waals surface area contributed by atoms with Crippen LogP contribution in [0, 0.1) is 0 Å². The van der Waals surface area contributed by atoms with Gasteiger partial charge in [0.25, 0.3) is 5.91 Å². The Morgan fingerprint density at radius 1 is 1.11 bits per heavy atom. The Morgan fingerprint density at radius 3 is 2.32 bits per heavy atom. The Morgan fingerprint density at radius 2 is 1.71 bits per heavy atom. The highest BCUT2D eigenvalue weighted by Crippen LogP contribution is 2.36. The number of benzene rings is 1. The third kappa shape index (κ3) is 3.86. The Hall–Kier alpha value is -2.12. The number of amides is 3. The second kappa shape index (κ2) is 8.09. The molecule has 0 aliphatic carbocycles. The van der Waals surface area contributed by atoms with Crippen LogP contribution in [0.1, 0.15) is 41.6 Å². The standard InChI is InChI=1S/C21H29N3O4/c1-22(21(27)23-8-10-28-11-9-23)14-15-2-4-16(5-3-15)20(26)24-17-6-7-18(24)13-19(25)12-17/h2-5,17-19,25H,6-14H2,1H3. The Kier molecular flexibility index (Phi) is 5.55. The minimum atomic E-state index is -0.275. The van der Waals surface area contributed by atoms with Crippen molar-refractivity contribution in [3.8, 4) is 0 Å². The fourth-order valence-electron chi connectivity index (χ4n) is 4.72. The number of ether oxygens (including phenoxy) is 1. The van der Waals surface area contributed by atoms with Crippen LogP contribution in [0.2, 0.25) is 0 Å². The molecular weight excluding hydrogens is 358 g/mol. The fraction of sp³-hybridized carbons (Fsp3) is 0.619. The number of carbonyl (C=O) groups is 2. The van der Waals surface area contributed by atoms with E-state index in [0.717, 1.165) is 18.4 Å². The van der Waals surface area contributed by atoms with Gasteiger partial charge in [-0.3, -0.25) is 4.79 Å². The van der Waals surface area contributed by atoms with Crippen LogP contribution in [0.4, 0.5) is 4.79 Å². The molecule has 0 spiro atoms. The van der Waals surface area contributed by atoms with E-state index in [1.807, 2.05) is 34.1 Å². The summed E-state index contributed by atoms with van der Waals surface area (Å²) in [4.78, 5) is 31.0. The molecule has 3 aliphatic rings. The van der Waals surface area contributed by atoms with E-state index in [-0.39, 0.29) is 30.1 Å². The van der Waals surface area contributed by atoms with E-state index in [2.05, 4.69) is 0 Å². The van der Waals surface area contributed by atoms with Crippen molar-refractivity contribution in [3.63, 3.8) is 0 Å². The highest BCUT2D eigenvalue weighted by molar-refractivity contribution is 5.95. The first-order valence-electron chi connectivity index (χ1n) is 10.2. The molecule has 4 rings (SSSR count). The maximum absolute atomic E-state index is 13.0. The quantitative estimate of drug-likeness (QED) is 0.857. The Labute approximate surface area is 165 Å². The highest BCUT2D eigenvalue weighted by atomic mass is 16.5. The summed E-state index contributed by atoms with van der Waals surface area (Å²) >= 11 is 0. The topological polar surface area (TPSA) is 73.3 Å². The van der Waals surface area contributed by atoms with E-state index < -0.39 is 0 Å². The summed E-state index contributed by atoms with van der Waals surface area (Å²) < 4.78 is 5.30. The van der Waals surface area contributed by atoms with Gasteiger partial charge in [-0.1, -0.05) is 12.1 Å². The van der Waals surface area contributed by atoms with E-state index in [9.17, 15) is 14.7 Å². The summed E-state index contributed by atoms with van der Waals surface area (Å²) in [6.07, 6.45) is 3.08. The van der Waals surface area contributed by atoms with Crippen LogP contribution < -0.4 is 0 Å². The number of nitrogens with zero attached hydrogens (tertiary/aromatic N) is 3. The molecule has 28 heavy (non-hydrogen) atoms. The smallest absolute Gasteiger partial charge is 0.320 e. The minimum Gasteiger partial charge on any atom is -0.393 e. The maximum atomic E-state index is 13.0. The molecule has 3 amide bonds. The minimum absolute atomic E-state index is 0.00639. The van der Waals surface area contributed by atoms with E-state index >= 15 is 0 Å². The molecule has 152 valence electrons. The van der Waals surface area contributed by atoms with Crippen molar-refractivity contribution in [2.45, 2.75) is 50.4 Å². The lowest BCUT2D eigenvalue weighted by Gasteiger charge is -2.37. The number of morpholine rings is 1. The molecule has 1 N–H and O–H groups in total. The van der Waals surface area contributed by atoms with Crippen LogP contribution in [0.3, 0.4) is 0 Å². The lowest BCUT2D eigenvalue weighted by molar-refractivity contribution is 0.0287. The van der Waals surface area contributed by atoms with Crippen molar-refractivity contribution in [2.24, 2.45) is 0 Å². The van der Waals surface area contributed by atoms with Crippen LogP contribution in [0.15, 0.2) is 24.3 Å². The molecule has 2 bridgehead atoms. The van der Waals surface area contributed by atoms with Gasteiger partial charge >= 0.3 is 6.03 Å². The molecule has 0 saturated carbocycles. The zero-order valence-corrected chi connectivity index (χ0v) is 16.4. The Bertz CT molecular complexity index is 703. The summed E-state index contributed by atoms with van der Waals surface area (Å²) in [5, 5.41) is 9.94. The van der Waals surface area contributed by atoms with Gasteiger partial charge in [0.2, 0.25) is 0 Å². The highest BCUT2D eigenvalue weighted by Gasteiger charge is 2.42. The molecule has 1 aromatic carbocycles. The number of piperidine rings is 1. The van der Waals surface area contributed by atoms with Crippen molar-refractivity contribution in [1.29, 1.82) is 0 Å². The summed E-state index contributed by atoms with van der Waals surface area (Å²) in [7, 11) is 1.80. The van der Waals surface area contributed by atoms with Gasteiger partial charge in [0.05, 0.1) is 19.3 Å². The molecule has 3 saturated heterocycles. The van der Waals surface area contributed by atoms with Crippen molar-refractivity contribution >= 4 is 11.9 Å².